The molecule has 7 aromatic carbocycles. The molecule has 4 heteroatoms. The average molecular weight is 713 g/mol. The second-order valence-corrected chi connectivity index (χ2v) is 14.1. The first-order valence-electron chi connectivity index (χ1n) is 18.8. The Bertz CT molecular complexity index is 3170. The number of hydrogen-bond acceptors (Lipinski definition) is 2. The quantitative estimate of drug-likeness (QED) is 0.161. The van der Waals surface area contributed by atoms with Crippen molar-refractivity contribution in [3.63, 3.8) is 0 Å². The second kappa shape index (κ2) is 13.0. The number of fused-ring (bicyclic) bond motifs is 6. The lowest BCUT2D eigenvalue weighted by molar-refractivity contribution is 1.05. The van der Waals surface area contributed by atoms with Crippen LogP contribution >= 0.6 is 0 Å². The molecule has 0 fully saturated rings. The van der Waals surface area contributed by atoms with Crippen LogP contribution in [0.4, 0.5) is 0 Å². The summed E-state index contributed by atoms with van der Waals surface area (Å²) in [6.45, 7) is 0. The van der Waals surface area contributed by atoms with Gasteiger partial charge < -0.3 is 4.57 Å². The number of nitrogens with zero attached hydrogens (tertiary/aromatic N) is 4. The molecule has 11 rings (SSSR count). The zero-order valence-corrected chi connectivity index (χ0v) is 30.3. The van der Waals surface area contributed by atoms with E-state index in [-0.39, 0.29) is 0 Å². The van der Waals surface area contributed by atoms with E-state index in [1.54, 1.807) is 0 Å². The van der Waals surface area contributed by atoms with E-state index >= 15 is 0 Å². The normalized spacial score (nSPS) is 11.9. The molecule has 0 unspecified atom stereocenters. The van der Waals surface area contributed by atoms with Crippen molar-refractivity contribution in [2.45, 2.75) is 0 Å². The summed E-state index contributed by atoms with van der Waals surface area (Å²) in [5, 5.41) is 3.52. The van der Waals surface area contributed by atoms with Gasteiger partial charge in [0.25, 0.3) is 0 Å². The van der Waals surface area contributed by atoms with Crippen LogP contribution in [-0.2, 0) is 0 Å². The molecule has 56 heavy (non-hydrogen) atoms. The van der Waals surface area contributed by atoms with Crippen LogP contribution in [0.3, 0.4) is 0 Å². The van der Waals surface area contributed by atoms with Crippen molar-refractivity contribution in [2.75, 3.05) is 0 Å². The van der Waals surface area contributed by atoms with Gasteiger partial charge in [0, 0.05) is 50.7 Å². The molecule has 3 aromatic heterocycles. The molecule has 0 N–H and O–H groups in total. The van der Waals surface area contributed by atoms with Gasteiger partial charge in [0.15, 0.2) is 5.82 Å². The highest BCUT2D eigenvalue weighted by molar-refractivity contribution is 6.10. The van der Waals surface area contributed by atoms with Crippen LogP contribution in [0.2, 0.25) is 0 Å². The molecule has 260 valence electrons. The van der Waals surface area contributed by atoms with Gasteiger partial charge in [0.2, 0.25) is 0 Å². The van der Waals surface area contributed by atoms with Crippen molar-refractivity contribution in [3.8, 4) is 56.4 Å². The third-order valence-electron chi connectivity index (χ3n) is 10.8. The summed E-state index contributed by atoms with van der Waals surface area (Å²) in [5.41, 5.74) is 20.7. The molecule has 0 bridgehead atoms. The number of aromatic nitrogens is 4. The van der Waals surface area contributed by atoms with Crippen molar-refractivity contribution >= 4 is 44.9 Å². The first-order valence-corrected chi connectivity index (χ1v) is 18.8. The number of rotatable bonds is 6. The number of hydrogen-bond donors (Lipinski definition) is 0. The molecule has 0 amide bonds. The topological polar surface area (TPSA) is 35.6 Å². The molecule has 0 saturated carbocycles. The zero-order chi connectivity index (χ0) is 37.0. The molecule has 0 atom stereocenters. The van der Waals surface area contributed by atoms with E-state index in [2.05, 4.69) is 178 Å². The fourth-order valence-electron chi connectivity index (χ4n) is 8.16. The Morgan fingerprint density at radius 2 is 0.982 bits per heavy atom. The summed E-state index contributed by atoms with van der Waals surface area (Å²) in [6, 6.07) is 64.3. The minimum Gasteiger partial charge on any atom is -0.309 e. The molecule has 0 saturated heterocycles. The fraction of sp³-hybridized carbons (Fsp3) is 0. The molecule has 0 aliphatic heterocycles. The van der Waals surface area contributed by atoms with E-state index in [1.807, 2.05) is 36.4 Å². The molecular weight excluding hydrogens is 681 g/mol. The lowest BCUT2D eigenvalue weighted by Gasteiger charge is -2.12. The molecular formula is C52H32N4. The van der Waals surface area contributed by atoms with E-state index in [0.29, 0.717) is 5.82 Å². The maximum absolute atomic E-state index is 5.21. The molecule has 4 nitrogen and oxygen atoms in total. The van der Waals surface area contributed by atoms with E-state index in [4.69, 9.17) is 9.97 Å². The largest absolute Gasteiger partial charge is 0.309 e. The predicted octanol–water partition coefficient (Wildman–Crippen LogP) is 13.0. The Balaban J connectivity index is 1.07. The fourth-order valence-corrected chi connectivity index (χ4v) is 8.16. The smallest absolute Gasteiger partial charge is 0.162 e. The summed E-state index contributed by atoms with van der Waals surface area (Å²) in [4.78, 5) is 10.3. The van der Waals surface area contributed by atoms with E-state index < -0.39 is 0 Å². The van der Waals surface area contributed by atoms with Gasteiger partial charge in [-0.1, -0.05) is 151 Å². The highest BCUT2D eigenvalue weighted by Crippen LogP contribution is 2.39. The van der Waals surface area contributed by atoms with Crippen LogP contribution in [-0.4, -0.2) is 19.1 Å². The lowest BCUT2D eigenvalue weighted by atomic mass is 10.0. The predicted molar refractivity (Wildman–Crippen MR) is 231 cm³/mol. The van der Waals surface area contributed by atoms with Crippen molar-refractivity contribution in [2.24, 2.45) is 0 Å². The SMILES string of the molecule is C1=C=Cc2c(c3ccc(-c4ccc5c(c4)c4ccccc4n5-c4cc(-c5ccccc5)nc(-c5ccccc5)n4)cc3n2-c2ccc(-c3ccccc3)cc2)C=1. The van der Waals surface area contributed by atoms with Crippen LogP contribution in [0, 0.1) is 0 Å². The van der Waals surface area contributed by atoms with Crippen LogP contribution < -0.4 is 0 Å². The summed E-state index contributed by atoms with van der Waals surface area (Å²) < 4.78 is 4.63. The molecule has 1 aliphatic carbocycles. The monoisotopic (exact) mass is 712 g/mol. The van der Waals surface area contributed by atoms with Crippen molar-refractivity contribution in [1.29, 1.82) is 0 Å². The number of para-hydroxylation sites is 1. The minimum absolute atomic E-state index is 0.693. The van der Waals surface area contributed by atoms with Gasteiger partial charge in [0.1, 0.15) is 5.82 Å². The summed E-state index contributed by atoms with van der Waals surface area (Å²) in [5.74, 6) is 1.52. The summed E-state index contributed by atoms with van der Waals surface area (Å²) >= 11 is 0. The number of benzene rings is 7. The van der Waals surface area contributed by atoms with E-state index in [9.17, 15) is 0 Å². The third kappa shape index (κ3) is 5.26. The van der Waals surface area contributed by atoms with Gasteiger partial charge in [-0.2, -0.15) is 0 Å². The van der Waals surface area contributed by atoms with Gasteiger partial charge in [-0.25, -0.2) is 9.97 Å². The molecule has 10 aromatic rings. The zero-order valence-electron chi connectivity index (χ0n) is 30.3. The summed E-state index contributed by atoms with van der Waals surface area (Å²) in [6.07, 6.45) is 4.09. The van der Waals surface area contributed by atoms with Crippen LogP contribution in [0.25, 0.3) is 101 Å². The standard InChI is InChI=1S/C52H32N4/c1-4-14-35(15-5-1)36-24-28-41(29-25-36)55-47-22-12-10-20-42(47)44-30-26-40(33-50(44)55)39-27-31-49-45(32-39)43-21-11-13-23-48(43)56(49)51-34-46(37-16-6-2-7-17-37)53-52(54-51)38-18-8-3-9-19-38/h1-9,11,13-34H. The third-order valence-corrected chi connectivity index (χ3v) is 10.8. The highest BCUT2D eigenvalue weighted by Gasteiger charge is 2.20. The lowest BCUT2D eigenvalue weighted by Crippen LogP contribution is -2.02. The molecule has 1 aliphatic rings. The second-order valence-electron chi connectivity index (χ2n) is 14.1. The average Bonchev–Trinajstić information content (AvgIpc) is 3.79. The summed E-state index contributed by atoms with van der Waals surface area (Å²) in [7, 11) is 0. The van der Waals surface area contributed by atoms with Crippen molar-refractivity contribution in [3.05, 3.63) is 205 Å². The van der Waals surface area contributed by atoms with Crippen LogP contribution in [0.15, 0.2) is 193 Å². The Hall–Kier alpha value is -7.74. The van der Waals surface area contributed by atoms with Crippen molar-refractivity contribution < 1.29 is 0 Å². The van der Waals surface area contributed by atoms with E-state index in [0.717, 1.165) is 67.3 Å². The Morgan fingerprint density at radius 3 is 1.77 bits per heavy atom. The van der Waals surface area contributed by atoms with Gasteiger partial charge in [-0.05, 0) is 64.7 Å². The molecule has 3 heterocycles. The Labute approximate surface area is 323 Å². The maximum atomic E-state index is 5.21. The minimum atomic E-state index is 0.693. The van der Waals surface area contributed by atoms with Crippen LogP contribution in [0.1, 0.15) is 11.3 Å². The van der Waals surface area contributed by atoms with Crippen LogP contribution in [0.5, 0.6) is 0 Å². The first-order chi connectivity index (χ1) is 27.8. The first kappa shape index (κ1) is 31.8. The molecule has 0 spiro atoms. The maximum Gasteiger partial charge on any atom is 0.162 e. The van der Waals surface area contributed by atoms with Gasteiger partial charge in [-0.3, -0.25) is 4.57 Å². The Morgan fingerprint density at radius 1 is 0.375 bits per heavy atom. The van der Waals surface area contributed by atoms with Gasteiger partial charge in [0.05, 0.1) is 27.9 Å². The highest BCUT2D eigenvalue weighted by atomic mass is 15.1. The van der Waals surface area contributed by atoms with E-state index in [1.165, 1.54) is 27.3 Å². The van der Waals surface area contributed by atoms with Crippen molar-refractivity contribution in [1.82, 2.24) is 19.1 Å². The Kier molecular flexibility index (Phi) is 7.36. The van der Waals surface area contributed by atoms with Gasteiger partial charge in [-0.15, -0.1) is 0 Å². The molecule has 0 radical (unpaired) electrons. The van der Waals surface area contributed by atoms with Gasteiger partial charge >= 0.3 is 0 Å².